The molecule has 0 bridgehead atoms. The molecule has 0 unspecified atom stereocenters. The first-order chi connectivity index (χ1) is 9.61. The lowest BCUT2D eigenvalue weighted by Gasteiger charge is -2.09. The minimum atomic E-state index is 0.550. The number of aryl methyl sites for hydroxylation is 1. The van der Waals surface area contributed by atoms with Gasteiger partial charge < -0.3 is 4.98 Å². The lowest BCUT2D eigenvalue weighted by molar-refractivity contribution is 1.06. The average molecular weight is 300 g/mol. The number of imidazole rings is 1. The SMILES string of the molecule is Cc1cccc2[nH]c(=S)n(-c3cc(C#N)ccc3Cl)c12. The third kappa shape index (κ3) is 1.92. The largest absolute Gasteiger partial charge is 0.330 e. The van der Waals surface area contributed by atoms with Gasteiger partial charge in [-0.05, 0) is 49.0 Å². The standard InChI is InChI=1S/C15H10ClN3S/c1-9-3-2-4-12-14(9)19(15(20)18-12)13-7-10(8-17)5-6-11(13)16/h2-7H,1H3,(H,18,20). The molecular formula is C15H10ClN3S. The van der Waals surface area contributed by atoms with Crippen LogP contribution in [-0.2, 0) is 0 Å². The predicted molar refractivity (Wildman–Crippen MR) is 82.9 cm³/mol. The number of aromatic nitrogens is 2. The second-order valence-electron chi connectivity index (χ2n) is 4.51. The lowest BCUT2D eigenvalue weighted by atomic mass is 10.2. The predicted octanol–water partition coefficient (Wildman–Crippen LogP) is 4.52. The Hall–Kier alpha value is -2.09. The molecule has 0 radical (unpaired) electrons. The van der Waals surface area contributed by atoms with Crippen molar-refractivity contribution in [2.24, 2.45) is 0 Å². The van der Waals surface area contributed by atoms with E-state index in [0.717, 1.165) is 22.3 Å². The number of nitrogens with zero attached hydrogens (tertiary/aromatic N) is 2. The zero-order valence-corrected chi connectivity index (χ0v) is 12.2. The van der Waals surface area contributed by atoms with Crippen molar-refractivity contribution in [2.45, 2.75) is 6.92 Å². The molecule has 1 N–H and O–H groups in total. The molecular weight excluding hydrogens is 290 g/mol. The number of nitrogens with one attached hydrogen (secondary N) is 1. The smallest absolute Gasteiger partial charge is 0.182 e. The van der Waals surface area contributed by atoms with Gasteiger partial charge in [0, 0.05) is 0 Å². The Labute approximate surface area is 126 Å². The Morgan fingerprint density at radius 2 is 2.10 bits per heavy atom. The van der Waals surface area contributed by atoms with Gasteiger partial charge in [-0.25, -0.2) is 0 Å². The van der Waals surface area contributed by atoms with Gasteiger partial charge in [0.2, 0.25) is 0 Å². The molecule has 0 amide bonds. The Bertz CT molecular complexity index is 915. The van der Waals surface area contributed by atoms with E-state index >= 15 is 0 Å². The zero-order valence-electron chi connectivity index (χ0n) is 10.6. The quantitative estimate of drug-likeness (QED) is 0.671. The Morgan fingerprint density at radius 1 is 1.30 bits per heavy atom. The first-order valence-corrected chi connectivity index (χ1v) is 6.81. The van der Waals surface area contributed by atoms with Crippen LogP contribution in [0.2, 0.25) is 5.02 Å². The summed E-state index contributed by atoms with van der Waals surface area (Å²) < 4.78 is 2.44. The highest BCUT2D eigenvalue weighted by molar-refractivity contribution is 7.71. The minimum absolute atomic E-state index is 0.550. The van der Waals surface area contributed by atoms with Crippen molar-refractivity contribution >= 4 is 34.9 Å². The fourth-order valence-electron chi connectivity index (χ4n) is 2.31. The number of hydrogen-bond donors (Lipinski definition) is 1. The zero-order chi connectivity index (χ0) is 14.3. The summed E-state index contributed by atoms with van der Waals surface area (Å²) in [7, 11) is 0. The van der Waals surface area contributed by atoms with Crippen LogP contribution in [-0.4, -0.2) is 9.55 Å². The van der Waals surface area contributed by atoms with Gasteiger partial charge in [0.05, 0.1) is 33.4 Å². The summed E-state index contributed by atoms with van der Waals surface area (Å²) in [6, 6.07) is 13.2. The lowest BCUT2D eigenvalue weighted by Crippen LogP contribution is -1.97. The van der Waals surface area contributed by atoms with Crippen LogP contribution in [0.1, 0.15) is 11.1 Å². The van der Waals surface area contributed by atoms with Gasteiger partial charge in [-0.15, -0.1) is 0 Å². The number of rotatable bonds is 1. The summed E-state index contributed by atoms with van der Waals surface area (Å²) >= 11 is 11.7. The molecule has 0 atom stereocenters. The fraction of sp³-hybridized carbons (Fsp3) is 0.0667. The number of benzene rings is 2. The maximum Gasteiger partial charge on any atom is 0.182 e. The van der Waals surface area contributed by atoms with Gasteiger partial charge in [-0.2, -0.15) is 5.26 Å². The number of hydrogen-bond acceptors (Lipinski definition) is 2. The van der Waals surface area contributed by atoms with Crippen molar-refractivity contribution in [1.82, 2.24) is 9.55 Å². The van der Waals surface area contributed by atoms with E-state index in [-0.39, 0.29) is 0 Å². The first kappa shape index (κ1) is 12.9. The molecule has 0 aliphatic carbocycles. The molecule has 98 valence electrons. The molecule has 0 aliphatic heterocycles. The number of halogens is 1. The summed E-state index contributed by atoms with van der Waals surface area (Å²) in [6.07, 6.45) is 0. The molecule has 0 aliphatic rings. The van der Waals surface area contributed by atoms with Crippen LogP contribution in [0.5, 0.6) is 0 Å². The van der Waals surface area contributed by atoms with Crippen LogP contribution in [0.15, 0.2) is 36.4 Å². The van der Waals surface area contributed by atoms with E-state index in [0.29, 0.717) is 15.4 Å². The second kappa shape index (κ2) is 4.78. The minimum Gasteiger partial charge on any atom is -0.330 e. The van der Waals surface area contributed by atoms with Gasteiger partial charge in [0.15, 0.2) is 4.77 Å². The van der Waals surface area contributed by atoms with Crippen LogP contribution in [0.4, 0.5) is 0 Å². The van der Waals surface area contributed by atoms with E-state index in [4.69, 9.17) is 29.1 Å². The molecule has 5 heteroatoms. The van der Waals surface area contributed by atoms with E-state index in [9.17, 15) is 0 Å². The van der Waals surface area contributed by atoms with E-state index in [1.807, 2.05) is 29.7 Å². The highest BCUT2D eigenvalue weighted by Crippen LogP contribution is 2.28. The summed E-state index contributed by atoms with van der Waals surface area (Å²) in [5, 5.41) is 9.61. The monoisotopic (exact) mass is 299 g/mol. The third-order valence-corrected chi connectivity index (χ3v) is 3.83. The van der Waals surface area contributed by atoms with Crippen LogP contribution in [0.25, 0.3) is 16.7 Å². The van der Waals surface area contributed by atoms with Crippen LogP contribution in [0.3, 0.4) is 0 Å². The molecule has 3 rings (SSSR count). The number of nitriles is 1. The topological polar surface area (TPSA) is 44.5 Å². The normalized spacial score (nSPS) is 10.7. The molecule has 2 aromatic carbocycles. The van der Waals surface area contributed by atoms with Crippen LogP contribution in [0, 0.1) is 23.0 Å². The van der Waals surface area contributed by atoms with Gasteiger partial charge in [-0.3, -0.25) is 4.57 Å². The van der Waals surface area contributed by atoms with Crippen molar-refractivity contribution < 1.29 is 0 Å². The maximum atomic E-state index is 9.05. The molecule has 3 aromatic rings. The summed E-state index contributed by atoms with van der Waals surface area (Å²) in [6.45, 7) is 2.02. The molecule has 0 fully saturated rings. The van der Waals surface area contributed by atoms with Crippen molar-refractivity contribution in [3.63, 3.8) is 0 Å². The van der Waals surface area contributed by atoms with Gasteiger partial charge >= 0.3 is 0 Å². The molecule has 0 saturated heterocycles. The summed E-state index contributed by atoms with van der Waals surface area (Å²) in [5.41, 5.74) is 4.29. The number of aromatic amines is 1. The first-order valence-electron chi connectivity index (χ1n) is 6.02. The highest BCUT2D eigenvalue weighted by atomic mass is 35.5. The Kier molecular flexibility index (Phi) is 3.09. The number of para-hydroxylation sites is 1. The molecule has 20 heavy (non-hydrogen) atoms. The fourth-order valence-corrected chi connectivity index (χ4v) is 2.81. The van der Waals surface area contributed by atoms with Crippen molar-refractivity contribution in [3.8, 4) is 11.8 Å². The highest BCUT2D eigenvalue weighted by Gasteiger charge is 2.12. The summed E-state index contributed by atoms with van der Waals surface area (Å²) in [5.74, 6) is 0. The van der Waals surface area contributed by atoms with Gasteiger partial charge in [-0.1, -0.05) is 23.7 Å². The van der Waals surface area contributed by atoms with E-state index in [2.05, 4.69) is 11.1 Å². The average Bonchev–Trinajstić information content (AvgIpc) is 2.77. The Morgan fingerprint density at radius 3 is 2.85 bits per heavy atom. The van der Waals surface area contributed by atoms with E-state index in [1.165, 1.54) is 0 Å². The summed E-state index contributed by atoms with van der Waals surface area (Å²) in [4.78, 5) is 3.17. The third-order valence-electron chi connectivity index (χ3n) is 3.22. The van der Waals surface area contributed by atoms with Crippen LogP contribution >= 0.6 is 23.8 Å². The van der Waals surface area contributed by atoms with Crippen molar-refractivity contribution in [3.05, 3.63) is 57.3 Å². The van der Waals surface area contributed by atoms with Gasteiger partial charge in [0.1, 0.15) is 0 Å². The van der Waals surface area contributed by atoms with E-state index in [1.54, 1.807) is 18.2 Å². The maximum absolute atomic E-state index is 9.05. The second-order valence-corrected chi connectivity index (χ2v) is 5.31. The van der Waals surface area contributed by atoms with Gasteiger partial charge in [0.25, 0.3) is 0 Å². The van der Waals surface area contributed by atoms with Crippen molar-refractivity contribution in [2.75, 3.05) is 0 Å². The molecule has 3 nitrogen and oxygen atoms in total. The van der Waals surface area contributed by atoms with E-state index < -0.39 is 0 Å². The Balaban J connectivity index is 2.44. The molecule has 1 aromatic heterocycles. The number of H-pyrrole nitrogens is 1. The van der Waals surface area contributed by atoms with Crippen molar-refractivity contribution in [1.29, 1.82) is 5.26 Å². The number of fused-ring (bicyclic) bond motifs is 1. The van der Waals surface area contributed by atoms with Crippen LogP contribution < -0.4 is 0 Å². The molecule has 1 heterocycles. The molecule has 0 saturated carbocycles. The molecule has 0 spiro atoms.